The van der Waals surface area contributed by atoms with Crippen molar-refractivity contribution in [1.29, 1.82) is 0 Å². The molecule has 86 heavy (non-hydrogen) atoms. The Morgan fingerprint density at radius 2 is 0.628 bits per heavy atom. The number of rotatable bonds is 65. The average Bonchev–Trinajstić information content (AvgIpc) is 3.52. The number of aliphatic hydroxyl groups is 1. The SMILES string of the molecule is CCCCCC/C=C\C=C/CCCCCCCC(=O)O[C@H](COC(=O)CCCCCCCCCCCCCCCC)COP(=O)(O)OC[C@@H](O)COP(=O)(O)OC[C@@H](COC(=O)CCCCCCC)OC(=O)CCCCCCCCCCCC(C)C. The monoisotopic (exact) mass is 1260 g/mol. The Hall–Kier alpha value is -2.46. The van der Waals surface area contributed by atoms with Crippen LogP contribution in [0.3, 0.4) is 0 Å². The lowest BCUT2D eigenvalue weighted by Crippen LogP contribution is -2.30. The summed E-state index contributed by atoms with van der Waals surface area (Å²) in [6.07, 6.45) is 48.4. The average molecular weight is 1270 g/mol. The van der Waals surface area contributed by atoms with Crippen molar-refractivity contribution in [1.82, 2.24) is 0 Å². The fourth-order valence-electron chi connectivity index (χ4n) is 9.57. The molecule has 0 bridgehead atoms. The summed E-state index contributed by atoms with van der Waals surface area (Å²) in [7, 11) is -9.90. The van der Waals surface area contributed by atoms with Crippen molar-refractivity contribution in [3.8, 4) is 0 Å². The molecule has 0 aliphatic rings. The number of hydrogen-bond acceptors (Lipinski definition) is 15. The van der Waals surface area contributed by atoms with E-state index in [0.717, 1.165) is 115 Å². The van der Waals surface area contributed by atoms with Crippen LogP contribution in [0.2, 0.25) is 0 Å². The molecular formula is C67H126O17P2. The van der Waals surface area contributed by atoms with E-state index < -0.39 is 97.5 Å². The lowest BCUT2D eigenvalue weighted by atomic mass is 10.0. The minimum Gasteiger partial charge on any atom is -0.462 e. The summed E-state index contributed by atoms with van der Waals surface area (Å²) in [4.78, 5) is 72.1. The Labute approximate surface area is 522 Å². The van der Waals surface area contributed by atoms with Crippen LogP contribution in [0.25, 0.3) is 0 Å². The highest BCUT2D eigenvalue weighted by molar-refractivity contribution is 7.47. The van der Waals surface area contributed by atoms with Crippen molar-refractivity contribution in [2.75, 3.05) is 39.6 Å². The molecule has 2 unspecified atom stereocenters. The van der Waals surface area contributed by atoms with Crippen molar-refractivity contribution < 1.29 is 80.2 Å². The van der Waals surface area contributed by atoms with Crippen LogP contribution in [-0.4, -0.2) is 96.7 Å². The molecule has 0 heterocycles. The van der Waals surface area contributed by atoms with Gasteiger partial charge in [-0.3, -0.25) is 37.3 Å². The molecule has 0 aliphatic heterocycles. The molecule has 0 saturated carbocycles. The van der Waals surface area contributed by atoms with Gasteiger partial charge in [-0.05, 0) is 57.3 Å². The normalized spacial score (nSPS) is 14.3. The lowest BCUT2D eigenvalue weighted by Gasteiger charge is -2.21. The van der Waals surface area contributed by atoms with E-state index in [-0.39, 0.29) is 25.7 Å². The molecule has 0 rings (SSSR count). The zero-order valence-electron chi connectivity index (χ0n) is 54.9. The summed E-state index contributed by atoms with van der Waals surface area (Å²) in [5.74, 6) is -1.43. The van der Waals surface area contributed by atoms with Gasteiger partial charge in [-0.25, -0.2) is 9.13 Å². The van der Waals surface area contributed by atoms with Gasteiger partial charge < -0.3 is 33.8 Å². The number of allylic oxidation sites excluding steroid dienone is 4. The second-order valence-corrected chi connectivity index (χ2v) is 26.9. The van der Waals surface area contributed by atoms with E-state index in [9.17, 15) is 43.2 Å². The molecule has 0 radical (unpaired) electrons. The maximum absolute atomic E-state index is 13.0. The Bertz CT molecular complexity index is 1760. The summed E-state index contributed by atoms with van der Waals surface area (Å²) >= 11 is 0. The molecule has 506 valence electrons. The first-order valence-electron chi connectivity index (χ1n) is 34.5. The first-order valence-corrected chi connectivity index (χ1v) is 37.4. The third kappa shape index (κ3) is 60.5. The Kier molecular flexibility index (Phi) is 58.4. The van der Waals surface area contributed by atoms with Crippen molar-refractivity contribution in [3.05, 3.63) is 24.3 Å². The van der Waals surface area contributed by atoms with Gasteiger partial charge in [0.25, 0.3) is 0 Å². The first kappa shape index (κ1) is 83.5. The highest BCUT2D eigenvalue weighted by atomic mass is 31.2. The van der Waals surface area contributed by atoms with Crippen LogP contribution in [0.5, 0.6) is 0 Å². The van der Waals surface area contributed by atoms with E-state index in [2.05, 4.69) is 58.9 Å². The van der Waals surface area contributed by atoms with Gasteiger partial charge in [0.2, 0.25) is 0 Å². The first-order chi connectivity index (χ1) is 41.5. The number of phosphoric ester groups is 2. The highest BCUT2D eigenvalue weighted by Crippen LogP contribution is 2.45. The highest BCUT2D eigenvalue weighted by Gasteiger charge is 2.30. The molecule has 17 nitrogen and oxygen atoms in total. The summed E-state index contributed by atoms with van der Waals surface area (Å²) < 4.78 is 67.9. The largest absolute Gasteiger partial charge is 0.472 e. The zero-order chi connectivity index (χ0) is 63.5. The third-order valence-electron chi connectivity index (χ3n) is 14.9. The Balaban J connectivity index is 5.21. The van der Waals surface area contributed by atoms with E-state index in [4.69, 9.17) is 37.0 Å². The van der Waals surface area contributed by atoms with E-state index >= 15 is 0 Å². The van der Waals surface area contributed by atoms with Gasteiger partial charge in [-0.15, -0.1) is 0 Å². The molecule has 0 fully saturated rings. The number of hydrogen-bond donors (Lipinski definition) is 3. The number of carbonyl (C=O) groups excluding carboxylic acids is 4. The smallest absolute Gasteiger partial charge is 0.462 e. The Morgan fingerprint density at radius 3 is 0.953 bits per heavy atom. The standard InChI is InChI=1S/C67H126O17P2/c1-6-9-12-15-17-19-21-23-25-27-29-33-37-42-47-52-66(71)84-63(57-78-65(70)51-46-41-36-32-28-26-24-22-20-18-16-13-10-7-2)59-82-86(75,76)80-55-61(68)54-79-85(73,74)81-58-62(56-77-64(69)50-45-39-14-11-8-3)83-67(72)53-48-43-38-34-30-31-35-40-44-49-60(4)5/h19,21,23,25,60-63,68H,6-18,20,22,24,26-59H2,1-5H3,(H,73,74)(H,75,76)/b21-19-,25-23-/t61-,62+,63+/m0/s1. The van der Waals surface area contributed by atoms with Gasteiger partial charge in [0.15, 0.2) is 12.2 Å². The molecule has 5 atom stereocenters. The predicted molar refractivity (Wildman–Crippen MR) is 344 cm³/mol. The van der Waals surface area contributed by atoms with Crippen LogP contribution < -0.4 is 0 Å². The molecule has 0 spiro atoms. The minimum absolute atomic E-state index is 0.0853. The van der Waals surface area contributed by atoms with Gasteiger partial charge in [0.1, 0.15) is 19.3 Å². The maximum atomic E-state index is 13.0. The number of ether oxygens (including phenoxy) is 4. The fourth-order valence-corrected chi connectivity index (χ4v) is 11.2. The molecule has 0 aliphatic carbocycles. The van der Waals surface area contributed by atoms with E-state index in [0.29, 0.717) is 25.7 Å². The number of esters is 4. The molecule has 0 aromatic carbocycles. The summed E-state index contributed by atoms with van der Waals surface area (Å²) in [5, 5.41) is 10.5. The summed E-state index contributed by atoms with van der Waals surface area (Å²) in [6, 6.07) is 0. The predicted octanol–water partition coefficient (Wildman–Crippen LogP) is 18.5. The number of phosphoric acid groups is 2. The van der Waals surface area contributed by atoms with Crippen LogP contribution in [0.1, 0.15) is 317 Å². The van der Waals surface area contributed by atoms with Crippen molar-refractivity contribution in [2.45, 2.75) is 335 Å². The van der Waals surface area contributed by atoms with Crippen molar-refractivity contribution in [2.24, 2.45) is 5.92 Å². The number of unbranched alkanes of at least 4 members (excludes halogenated alkanes) is 34. The van der Waals surface area contributed by atoms with Gasteiger partial charge in [-0.1, -0.05) is 264 Å². The molecule has 19 heteroatoms. The Morgan fingerprint density at radius 1 is 0.360 bits per heavy atom. The number of aliphatic hydroxyl groups excluding tert-OH is 1. The summed E-state index contributed by atoms with van der Waals surface area (Å²) in [5.41, 5.74) is 0. The topological polar surface area (TPSA) is 237 Å². The van der Waals surface area contributed by atoms with E-state index in [1.807, 2.05) is 0 Å². The molecule has 3 N–H and O–H groups in total. The van der Waals surface area contributed by atoms with E-state index in [1.54, 1.807) is 0 Å². The van der Waals surface area contributed by atoms with Gasteiger partial charge in [-0.2, -0.15) is 0 Å². The van der Waals surface area contributed by atoms with Gasteiger partial charge in [0.05, 0.1) is 26.4 Å². The lowest BCUT2D eigenvalue weighted by molar-refractivity contribution is -0.161. The van der Waals surface area contributed by atoms with Crippen LogP contribution in [-0.2, 0) is 65.4 Å². The van der Waals surface area contributed by atoms with Crippen LogP contribution >= 0.6 is 15.6 Å². The maximum Gasteiger partial charge on any atom is 0.472 e. The minimum atomic E-state index is -4.95. The van der Waals surface area contributed by atoms with Crippen LogP contribution in [0, 0.1) is 5.92 Å². The molecule has 0 amide bonds. The van der Waals surface area contributed by atoms with Crippen LogP contribution in [0.15, 0.2) is 24.3 Å². The van der Waals surface area contributed by atoms with Gasteiger partial charge >= 0.3 is 39.5 Å². The molecule has 0 aromatic heterocycles. The zero-order valence-corrected chi connectivity index (χ0v) is 56.7. The second-order valence-electron chi connectivity index (χ2n) is 24.0. The second kappa shape index (κ2) is 60.1. The van der Waals surface area contributed by atoms with Gasteiger partial charge in [0, 0.05) is 25.7 Å². The van der Waals surface area contributed by atoms with Crippen LogP contribution in [0.4, 0.5) is 0 Å². The fraction of sp³-hybridized carbons (Fsp3) is 0.881. The molecule has 0 aromatic rings. The summed E-state index contributed by atoms with van der Waals surface area (Å²) in [6.45, 7) is 7.04. The van der Waals surface area contributed by atoms with Crippen molar-refractivity contribution >= 4 is 39.5 Å². The molecular weight excluding hydrogens is 1140 g/mol. The molecule has 0 saturated heterocycles. The quantitative estimate of drug-likeness (QED) is 0.0169. The van der Waals surface area contributed by atoms with Crippen molar-refractivity contribution in [3.63, 3.8) is 0 Å². The third-order valence-corrected chi connectivity index (χ3v) is 16.8. The number of carbonyl (C=O) groups is 4. The van der Waals surface area contributed by atoms with E-state index in [1.165, 1.54) is 122 Å².